The van der Waals surface area contributed by atoms with E-state index in [1.54, 1.807) is 12.3 Å². The number of phenols is 1. The maximum absolute atomic E-state index is 10.3. The molecule has 116 valence electrons. The van der Waals surface area contributed by atoms with Crippen molar-refractivity contribution in [1.82, 2.24) is 4.98 Å². The lowest BCUT2D eigenvalue weighted by Crippen LogP contribution is -1.87. The molecular weight excluding hydrogens is 362 g/mol. The number of aromatic hydroxyl groups is 1. The van der Waals surface area contributed by atoms with Crippen molar-refractivity contribution in [2.45, 2.75) is 0 Å². The number of rotatable bonds is 2. The van der Waals surface area contributed by atoms with Crippen molar-refractivity contribution in [3.05, 3.63) is 83.6 Å². The van der Waals surface area contributed by atoms with Gasteiger partial charge in [0, 0.05) is 28.0 Å². The third kappa shape index (κ3) is 2.57. The molecule has 0 atom stereocenters. The van der Waals surface area contributed by atoms with Crippen LogP contribution in [0.4, 0.5) is 0 Å². The molecule has 0 amide bonds. The molecule has 1 N–H and O–H groups in total. The molecular formula is C21H14BrNO. The van der Waals surface area contributed by atoms with Gasteiger partial charge in [0.15, 0.2) is 0 Å². The average Bonchev–Trinajstić information content (AvgIpc) is 2.64. The Kier molecular flexibility index (Phi) is 3.79. The third-order valence-electron chi connectivity index (χ3n) is 4.15. The van der Waals surface area contributed by atoms with Gasteiger partial charge in [-0.3, -0.25) is 4.98 Å². The zero-order chi connectivity index (χ0) is 16.5. The van der Waals surface area contributed by atoms with Crippen molar-refractivity contribution < 1.29 is 5.11 Å². The molecule has 0 unspecified atom stereocenters. The molecule has 0 spiro atoms. The molecule has 4 rings (SSSR count). The van der Waals surface area contributed by atoms with Gasteiger partial charge in [-0.1, -0.05) is 58.4 Å². The number of benzene rings is 3. The summed E-state index contributed by atoms with van der Waals surface area (Å²) in [5.74, 6) is 0.275. The Morgan fingerprint density at radius 3 is 2.25 bits per heavy atom. The minimum atomic E-state index is 0.275. The molecule has 3 heteroatoms. The van der Waals surface area contributed by atoms with Crippen LogP contribution in [0.5, 0.6) is 5.75 Å². The summed E-state index contributed by atoms with van der Waals surface area (Å²) in [4.78, 5) is 4.23. The van der Waals surface area contributed by atoms with Crippen LogP contribution in [0, 0.1) is 0 Å². The Hall–Kier alpha value is -2.65. The number of hydrogen-bond donors (Lipinski definition) is 1. The average molecular weight is 376 g/mol. The van der Waals surface area contributed by atoms with Gasteiger partial charge in [0.05, 0.1) is 0 Å². The molecule has 0 bridgehead atoms. The summed E-state index contributed by atoms with van der Waals surface area (Å²) >= 11 is 3.49. The molecule has 3 aromatic carbocycles. The number of aromatic nitrogens is 1. The van der Waals surface area contributed by atoms with Crippen LogP contribution in [0.3, 0.4) is 0 Å². The summed E-state index contributed by atoms with van der Waals surface area (Å²) in [6, 6.07) is 21.9. The van der Waals surface area contributed by atoms with Crippen molar-refractivity contribution in [2.75, 3.05) is 0 Å². The second-order valence-electron chi connectivity index (χ2n) is 5.61. The molecule has 2 nitrogen and oxygen atoms in total. The van der Waals surface area contributed by atoms with Gasteiger partial charge in [-0.15, -0.1) is 0 Å². The Bertz CT molecular complexity index is 1030. The lowest BCUT2D eigenvalue weighted by atomic mass is 9.92. The van der Waals surface area contributed by atoms with Gasteiger partial charge in [0.25, 0.3) is 0 Å². The van der Waals surface area contributed by atoms with Crippen molar-refractivity contribution in [1.29, 1.82) is 0 Å². The van der Waals surface area contributed by atoms with Crippen LogP contribution >= 0.6 is 15.9 Å². The number of phenolic OH excluding ortho intramolecular Hbond substituents is 1. The summed E-state index contributed by atoms with van der Waals surface area (Å²) in [6.45, 7) is 0. The van der Waals surface area contributed by atoms with Crippen LogP contribution in [0.2, 0.25) is 0 Å². The summed E-state index contributed by atoms with van der Waals surface area (Å²) in [5, 5.41) is 12.5. The van der Waals surface area contributed by atoms with Gasteiger partial charge < -0.3 is 5.11 Å². The van der Waals surface area contributed by atoms with Crippen molar-refractivity contribution in [3.8, 4) is 28.0 Å². The van der Waals surface area contributed by atoms with E-state index in [1.165, 1.54) is 0 Å². The van der Waals surface area contributed by atoms with E-state index in [4.69, 9.17) is 0 Å². The summed E-state index contributed by atoms with van der Waals surface area (Å²) in [6.07, 6.45) is 3.65. The van der Waals surface area contributed by atoms with Gasteiger partial charge >= 0.3 is 0 Å². The minimum absolute atomic E-state index is 0.275. The van der Waals surface area contributed by atoms with Crippen LogP contribution < -0.4 is 0 Å². The molecule has 0 aliphatic carbocycles. The van der Waals surface area contributed by atoms with E-state index in [1.807, 2.05) is 36.5 Å². The van der Waals surface area contributed by atoms with Crippen molar-refractivity contribution >= 4 is 26.7 Å². The Labute approximate surface area is 148 Å². The predicted octanol–water partition coefficient (Wildman–Crippen LogP) is 6.04. The SMILES string of the molecule is Oc1ccc(Br)cc1-c1ccc(-c2cccnc2)c2ccccc12. The van der Waals surface area contributed by atoms with E-state index in [2.05, 4.69) is 51.2 Å². The molecule has 4 aromatic rings. The highest BCUT2D eigenvalue weighted by atomic mass is 79.9. The summed E-state index contributed by atoms with van der Waals surface area (Å²) in [5.41, 5.74) is 4.05. The zero-order valence-corrected chi connectivity index (χ0v) is 14.4. The Balaban J connectivity index is 2.02. The fraction of sp³-hybridized carbons (Fsp3) is 0. The largest absolute Gasteiger partial charge is 0.507 e. The number of hydrogen-bond acceptors (Lipinski definition) is 2. The number of halogens is 1. The van der Waals surface area contributed by atoms with Crippen LogP contribution in [0.25, 0.3) is 33.0 Å². The molecule has 0 aliphatic heterocycles. The monoisotopic (exact) mass is 375 g/mol. The maximum Gasteiger partial charge on any atom is 0.123 e. The first-order valence-corrected chi connectivity index (χ1v) is 8.44. The quantitative estimate of drug-likeness (QED) is 0.463. The predicted molar refractivity (Wildman–Crippen MR) is 102 cm³/mol. The smallest absolute Gasteiger partial charge is 0.123 e. The third-order valence-corrected chi connectivity index (χ3v) is 4.64. The van der Waals surface area contributed by atoms with Gasteiger partial charge in [-0.05, 0) is 46.2 Å². The zero-order valence-electron chi connectivity index (χ0n) is 12.8. The molecule has 0 saturated heterocycles. The second-order valence-corrected chi connectivity index (χ2v) is 6.53. The molecule has 1 aromatic heterocycles. The molecule has 0 radical (unpaired) electrons. The van der Waals surface area contributed by atoms with Crippen molar-refractivity contribution in [2.24, 2.45) is 0 Å². The highest BCUT2D eigenvalue weighted by molar-refractivity contribution is 9.10. The highest BCUT2D eigenvalue weighted by Crippen LogP contribution is 2.39. The van der Waals surface area contributed by atoms with Crippen LogP contribution in [-0.2, 0) is 0 Å². The summed E-state index contributed by atoms with van der Waals surface area (Å²) in [7, 11) is 0. The second kappa shape index (κ2) is 6.10. The van der Waals surface area contributed by atoms with E-state index in [-0.39, 0.29) is 5.75 Å². The molecule has 24 heavy (non-hydrogen) atoms. The topological polar surface area (TPSA) is 33.1 Å². The van der Waals surface area contributed by atoms with E-state index in [0.29, 0.717) is 0 Å². The summed E-state index contributed by atoms with van der Waals surface area (Å²) < 4.78 is 0.940. The first kappa shape index (κ1) is 14.9. The Morgan fingerprint density at radius 2 is 1.50 bits per heavy atom. The van der Waals surface area contributed by atoms with Crippen molar-refractivity contribution in [3.63, 3.8) is 0 Å². The molecule has 0 saturated carbocycles. The van der Waals surface area contributed by atoms with Crippen LogP contribution in [0.15, 0.2) is 83.6 Å². The standard InChI is InChI=1S/C21H14BrNO/c22-15-7-10-21(24)20(12-15)19-9-8-16(14-4-3-11-23-13-14)17-5-1-2-6-18(17)19/h1-13,24H. The van der Waals surface area contributed by atoms with E-state index in [9.17, 15) is 5.11 Å². The number of nitrogens with zero attached hydrogens (tertiary/aromatic N) is 1. The number of fused-ring (bicyclic) bond motifs is 1. The van der Waals surface area contributed by atoms with Crippen LogP contribution in [-0.4, -0.2) is 10.1 Å². The molecule has 0 fully saturated rings. The fourth-order valence-electron chi connectivity index (χ4n) is 3.03. The first-order valence-electron chi connectivity index (χ1n) is 7.65. The molecule has 1 heterocycles. The fourth-order valence-corrected chi connectivity index (χ4v) is 3.39. The number of pyridine rings is 1. The lowest BCUT2D eigenvalue weighted by molar-refractivity contribution is 0.477. The van der Waals surface area contributed by atoms with Gasteiger partial charge in [0.1, 0.15) is 5.75 Å². The van der Waals surface area contributed by atoms with Gasteiger partial charge in [0.2, 0.25) is 0 Å². The highest BCUT2D eigenvalue weighted by Gasteiger charge is 2.12. The lowest BCUT2D eigenvalue weighted by Gasteiger charge is -2.13. The van der Waals surface area contributed by atoms with E-state index >= 15 is 0 Å². The normalized spacial score (nSPS) is 10.9. The van der Waals surface area contributed by atoms with Gasteiger partial charge in [-0.25, -0.2) is 0 Å². The maximum atomic E-state index is 10.3. The minimum Gasteiger partial charge on any atom is -0.507 e. The van der Waals surface area contributed by atoms with E-state index < -0.39 is 0 Å². The van der Waals surface area contributed by atoms with E-state index in [0.717, 1.165) is 37.5 Å². The van der Waals surface area contributed by atoms with Crippen LogP contribution in [0.1, 0.15) is 0 Å². The molecule has 0 aliphatic rings. The Morgan fingerprint density at radius 1 is 0.750 bits per heavy atom. The van der Waals surface area contributed by atoms with Gasteiger partial charge in [-0.2, -0.15) is 0 Å². The first-order chi connectivity index (χ1) is 11.7.